The molecule has 14 heteroatoms. The number of nitrogens with zero attached hydrogens (tertiary/aromatic N) is 5. The Balaban J connectivity index is 1.14. The summed E-state index contributed by atoms with van der Waals surface area (Å²) >= 11 is 7.83. The van der Waals surface area contributed by atoms with E-state index in [9.17, 15) is 18.0 Å². The van der Waals surface area contributed by atoms with E-state index in [0.29, 0.717) is 54.3 Å². The minimum atomic E-state index is -4.73. The zero-order valence-electron chi connectivity index (χ0n) is 19.8. The number of oxime groups is 1. The molecule has 1 atom stereocenters. The SMILES string of the molecule is Nc1cccc(Cl)c1C1CC(c2csc(C3CCN(C(=O)COc4nccnc4C(F)(F)F)CC3)n2)=NO1. The van der Waals surface area contributed by atoms with Crippen molar-refractivity contribution in [1.29, 1.82) is 0 Å². The van der Waals surface area contributed by atoms with E-state index in [4.69, 9.17) is 31.9 Å². The lowest BCUT2D eigenvalue weighted by atomic mass is 9.97. The number of carbonyl (C=O) groups excluding carboxylic acids is 1. The Labute approximate surface area is 224 Å². The van der Waals surface area contributed by atoms with Gasteiger partial charge in [0.15, 0.2) is 12.7 Å². The van der Waals surface area contributed by atoms with Crippen molar-refractivity contribution in [3.05, 3.63) is 63.0 Å². The number of hydrogen-bond acceptors (Lipinski definition) is 9. The number of carbonyl (C=O) groups is 1. The van der Waals surface area contributed by atoms with Gasteiger partial charge in [-0.3, -0.25) is 4.79 Å². The number of aromatic nitrogens is 3. The molecule has 2 aromatic heterocycles. The van der Waals surface area contributed by atoms with Crippen LogP contribution in [-0.4, -0.2) is 51.2 Å². The fourth-order valence-electron chi connectivity index (χ4n) is 4.41. The molecule has 0 aliphatic carbocycles. The van der Waals surface area contributed by atoms with Crippen molar-refractivity contribution in [3.63, 3.8) is 0 Å². The van der Waals surface area contributed by atoms with Crippen LogP contribution in [0.15, 0.2) is 41.1 Å². The molecule has 3 aromatic rings. The van der Waals surface area contributed by atoms with Crippen molar-refractivity contribution >= 4 is 40.2 Å². The van der Waals surface area contributed by atoms with Crippen LogP contribution in [0.3, 0.4) is 0 Å². The number of nitrogens with two attached hydrogens (primary N) is 1. The van der Waals surface area contributed by atoms with Gasteiger partial charge in [0.25, 0.3) is 5.91 Å². The van der Waals surface area contributed by atoms with Gasteiger partial charge in [-0.05, 0) is 25.0 Å². The van der Waals surface area contributed by atoms with Crippen LogP contribution in [0.25, 0.3) is 0 Å². The maximum atomic E-state index is 13.1. The number of likely N-dealkylation sites (tertiary alicyclic amines) is 1. The molecule has 0 spiro atoms. The van der Waals surface area contributed by atoms with Gasteiger partial charge >= 0.3 is 6.18 Å². The van der Waals surface area contributed by atoms with Gasteiger partial charge < -0.3 is 20.2 Å². The second kappa shape index (κ2) is 10.7. The number of ether oxygens (including phenoxy) is 1. The van der Waals surface area contributed by atoms with Crippen molar-refractivity contribution in [1.82, 2.24) is 19.9 Å². The van der Waals surface area contributed by atoms with E-state index >= 15 is 0 Å². The summed E-state index contributed by atoms with van der Waals surface area (Å²) in [5.41, 5.74) is 7.51. The summed E-state index contributed by atoms with van der Waals surface area (Å²) in [6.45, 7) is 0.323. The number of halogens is 4. The first-order valence-electron chi connectivity index (χ1n) is 11.7. The van der Waals surface area contributed by atoms with Crippen LogP contribution in [0.1, 0.15) is 53.2 Å². The van der Waals surface area contributed by atoms with Crippen LogP contribution in [-0.2, 0) is 15.8 Å². The summed E-state index contributed by atoms with van der Waals surface area (Å²) in [7, 11) is 0. The van der Waals surface area contributed by atoms with Gasteiger partial charge in [-0.15, -0.1) is 11.3 Å². The average molecular weight is 567 g/mol. The number of anilines is 1. The predicted octanol–water partition coefficient (Wildman–Crippen LogP) is 4.84. The van der Waals surface area contributed by atoms with E-state index in [1.807, 2.05) is 5.38 Å². The summed E-state index contributed by atoms with van der Waals surface area (Å²) in [6.07, 6.45) is -1.28. The van der Waals surface area contributed by atoms with Crippen molar-refractivity contribution in [3.8, 4) is 5.88 Å². The molecule has 9 nitrogen and oxygen atoms in total. The molecule has 1 amide bonds. The van der Waals surface area contributed by atoms with Gasteiger partial charge in [0, 0.05) is 59.5 Å². The molecule has 1 saturated heterocycles. The molecule has 0 saturated carbocycles. The summed E-state index contributed by atoms with van der Waals surface area (Å²) < 4.78 is 44.2. The molecular weight excluding hydrogens is 545 g/mol. The van der Waals surface area contributed by atoms with Crippen LogP contribution in [0.5, 0.6) is 5.88 Å². The fraction of sp³-hybridized carbons (Fsp3) is 0.375. The molecule has 2 aliphatic rings. The topological polar surface area (TPSA) is 116 Å². The number of thiazole rings is 1. The number of hydrogen-bond donors (Lipinski definition) is 1. The molecule has 5 rings (SSSR count). The Morgan fingerprint density at radius 1 is 1.24 bits per heavy atom. The number of benzene rings is 1. The first kappa shape index (κ1) is 26.2. The second-order valence-corrected chi connectivity index (χ2v) is 10.1. The molecule has 1 unspecified atom stereocenters. The first-order valence-corrected chi connectivity index (χ1v) is 13.0. The van der Waals surface area contributed by atoms with Crippen molar-refractivity contribution in [2.75, 3.05) is 25.4 Å². The molecule has 4 heterocycles. The molecule has 200 valence electrons. The van der Waals surface area contributed by atoms with Crippen LogP contribution >= 0.6 is 22.9 Å². The zero-order valence-corrected chi connectivity index (χ0v) is 21.4. The third-order valence-corrected chi connectivity index (χ3v) is 7.69. The van der Waals surface area contributed by atoms with Crippen molar-refractivity contribution in [2.45, 2.75) is 37.5 Å². The van der Waals surface area contributed by atoms with Crippen molar-refractivity contribution < 1.29 is 27.5 Å². The van der Waals surface area contributed by atoms with Gasteiger partial charge in [0.2, 0.25) is 11.6 Å². The zero-order chi connectivity index (χ0) is 26.9. The number of rotatable bonds is 6. The third-order valence-electron chi connectivity index (χ3n) is 6.36. The highest BCUT2D eigenvalue weighted by atomic mass is 35.5. The maximum Gasteiger partial charge on any atom is 0.438 e. The number of nitrogen functional groups attached to an aromatic ring is 1. The van der Waals surface area contributed by atoms with Gasteiger partial charge in [-0.25, -0.2) is 15.0 Å². The Kier molecular flexibility index (Phi) is 7.39. The summed E-state index contributed by atoms with van der Waals surface area (Å²) in [6, 6.07) is 5.30. The van der Waals surface area contributed by atoms with E-state index in [0.717, 1.165) is 23.1 Å². The normalized spacial score (nSPS) is 18.3. The van der Waals surface area contributed by atoms with Crippen LogP contribution < -0.4 is 10.5 Å². The highest BCUT2D eigenvalue weighted by Crippen LogP contribution is 2.38. The number of piperidine rings is 1. The van der Waals surface area contributed by atoms with Crippen LogP contribution in [0.4, 0.5) is 18.9 Å². The standard InChI is InChI=1S/C24H22ClF3N6O3S/c25-14-2-1-3-15(29)20(14)18-10-16(33-37-18)17-12-38-23(32-17)13-4-8-34(9-5-13)19(35)11-36-22-21(24(26,27)28)30-6-7-31-22/h1-3,6-7,12-13,18H,4-5,8-11,29H2. The van der Waals surface area contributed by atoms with E-state index in [2.05, 4.69) is 15.1 Å². The monoisotopic (exact) mass is 566 g/mol. The average Bonchev–Trinajstić information content (AvgIpc) is 3.57. The lowest BCUT2D eigenvalue weighted by molar-refractivity contribution is -0.144. The minimum absolute atomic E-state index is 0.147. The first-order chi connectivity index (χ1) is 18.2. The molecule has 2 N–H and O–H groups in total. The smallest absolute Gasteiger partial charge is 0.438 e. The molecule has 2 aliphatic heterocycles. The predicted molar refractivity (Wildman–Crippen MR) is 134 cm³/mol. The third kappa shape index (κ3) is 5.53. The van der Waals surface area contributed by atoms with E-state index in [1.165, 1.54) is 11.3 Å². The lowest BCUT2D eigenvalue weighted by Gasteiger charge is -2.31. The molecule has 1 aromatic carbocycles. The quantitative estimate of drug-likeness (QED) is 0.424. The Bertz CT molecular complexity index is 1340. The molecular formula is C24H22ClF3N6O3S. The second-order valence-electron chi connectivity index (χ2n) is 8.80. The molecule has 0 bridgehead atoms. The Morgan fingerprint density at radius 2 is 2.00 bits per heavy atom. The van der Waals surface area contributed by atoms with Crippen molar-refractivity contribution in [2.24, 2.45) is 5.16 Å². The Morgan fingerprint density at radius 3 is 2.74 bits per heavy atom. The van der Waals surface area contributed by atoms with E-state index in [-0.39, 0.29) is 12.0 Å². The maximum absolute atomic E-state index is 13.1. The number of alkyl halides is 3. The largest absolute Gasteiger partial charge is 0.466 e. The summed E-state index contributed by atoms with van der Waals surface area (Å²) in [5, 5.41) is 7.59. The highest BCUT2D eigenvalue weighted by Gasteiger charge is 2.38. The Hall–Kier alpha value is -3.45. The molecule has 38 heavy (non-hydrogen) atoms. The van der Waals surface area contributed by atoms with Crippen LogP contribution in [0, 0.1) is 0 Å². The summed E-state index contributed by atoms with van der Waals surface area (Å²) in [4.78, 5) is 31.3. The van der Waals surface area contributed by atoms with E-state index < -0.39 is 30.3 Å². The molecule has 1 fully saturated rings. The van der Waals surface area contributed by atoms with Crippen LogP contribution in [0.2, 0.25) is 5.02 Å². The summed E-state index contributed by atoms with van der Waals surface area (Å²) in [5.74, 6) is -0.977. The van der Waals surface area contributed by atoms with Gasteiger partial charge in [-0.2, -0.15) is 13.2 Å². The van der Waals surface area contributed by atoms with Gasteiger partial charge in [0.05, 0.1) is 10.7 Å². The van der Waals surface area contributed by atoms with E-state index in [1.54, 1.807) is 23.1 Å². The van der Waals surface area contributed by atoms with Gasteiger partial charge in [-0.1, -0.05) is 22.8 Å². The fourth-order valence-corrected chi connectivity index (χ4v) is 5.71. The van der Waals surface area contributed by atoms with Gasteiger partial charge in [0.1, 0.15) is 5.71 Å². The minimum Gasteiger partial charge on any atom is -0.466 e. The number of amides is 1. The highest BCUT2D eigenvalue weighted by molar-refractivity contribution is 7.10. The molecule has 0 radical (unpaired) electrons. The lowest BCUT2D eigenvalue weighted by Crippen LogP contribution is -2.40.